The van der Waals surface area contributed by atoms with Crippen LogP contribution in [0.1, 0.15) is 44.9 Å². The average molecular weight is 282 g/mol. The summed E-state index contributed by atoms with van der Waals surface area (Å²) in [4.78, 5) is 24.9. The zero-order valence-corrected chi connectivity index (χ0v) is 12.1. The van der Waals surface area contributed by atoms with Gasteiger partial charge in [0.2, 0.25) is 0 Å². The third kappa shape index (κ3) is 4.58. The molecule has 1 aliphatic carbocycles. The van der Waals surface area contributed by atoms with Gasteiger partial charge in [0.05, 0.1) is 0 Å². The first-order valence-electron chi connectivity index (χ1n) is 7.74. The summed E-state index contributed by atoms with van der Waals surface area (Å²) in [6, 6.07) is -0.0881. The molecule has 0 bridgehead atoms. The van der Waals surface area contributed by atoms with Gasteiger partial charge in [-0.15, -0.1) is 0 Å². The summed E-state index contributed by atoms with van der Waals surface area (Å²) in [5.74, 6) is 0.313. The van der Waals surface area contributed by atoms with E-state index in [2.05, 4.69) is 10.6 Å². The Hall–Kier alpha value is -1.46. The average Bonchev–Trinajstić information content (AvgIpc) is 2.46. The predicted octanol–water partition coefficient (Wildman–Crippen LogP) is 1.41. The quantitative estimate of drug-likeness (QED) is 0.731. The van der Waals surface area contributed by atoms with Gasteiger partial charge in [-0.05, 0) is 31.6 Å². The maximum absolute atomic E-state index is 12.3. The summed E-state index contributed by atoms with van der Waals surface area (Å²) in [7, 11) is 0. The first kappa shape index (κ1) is 14.9. The van der Waals surface area contributed by atoms with E-state index < -0.39 is 6.03 Å². The second-order valence-corrected chi connectivity index (χ2v) is 5.98. The number of urea groups is 2. The normalized spacial score (nSPS) is 24.2. The molecule has 2 rings (SSSR count). The minimum atomic E-state index is -0.492. The van der Waals surface area contributed by atoms with Crippen molar-refractivity contribution in [1.29, 1.82) is 0 Å². The molecule has 2 fully saturated rings. The Kier molecular flexibility index (Phi) is 5.49. The number of nitrogens with zero attached hydrogens (tertiary/aromatic N) is 1. The van der Waals surface area contributed by atoms with E-state index in [9.17, 15) is 9.59 Å². The summed E-state index contributed by atoms with van der Waals surface area (Å²) >= 11 is 0. The van der Waals surface area contributed by atoms with Crippen LogP contribution in [-0.4, -0.2) is 42.6 Å². The van der Waals surface area contributed by atoms with E-state index in [-0.39, 0.29) is 6.03 Å². The molecule has 114 valence electrons. The molecular formula is C14H26N4O2. The molecule has 6 nitrogen and oxygen atoms in total. The highest BCUT2D eigenvalue weighted by Crippen LogP contribution is 2.19. The number of nitrogens with one attached hydrogen (secondary N) is 2. The number of hydrogen-bond acceptors (Lipinski definition) is 2. The molecule has 0 spiro atoms. The van der Waals surface area contributed by atoms with Crippen molar-refractivity contribution in [2.75, 3.05) is 19.6 Å². The van der Waals surface area contributed by atoms with Gasteiger partial charge in [-0.3, -0.25) is 0 Å². The monoisotopic (exact) mass is 282 g/mol. The predicted molar refractivity (Wildman–Crippen MR) is 77.3 cm³/mol. The van der Waals surface area contributed by atoms with Gasteiger partial charge in [-0.2, -0.15) is 0 Å². The molecule has 0 aromatic rings. The molecule has 1 atom stereocenters. The van der Waals surface area contributed by atoms with E-state index in [1.165, 1.54) is 19.3 Å². The number of nitrogens with two attached hydrogens (primary N) is 1. The fourth-order valence-electron chi connectivity index (χ4n) is 3.17. The van der Waals surface area contributed by atoms with Crippen LogP contribution in [0.25, 0.3) is 0 Å². The molecule has 1 saturated carbocycles. The Morgan fingerprint density at radius 2 is 1.85 bits per heavy atom. The van der Waals surface area contributed by atoms with Crippen LogP contribution in [0.4, 0.5) is 9.59 Å². The van der Waals surface area contributed by atoms with Crippen molar-refractivity contribution in [2.24, 2.45) is 11.7 Å². The van der Waals surface area contributed by atoms with Crippen molar-refractivity contribution in [1.82, 2.24) is 15.5 Å². The van der Waals surface area contributed by atoms with E-state index in [0.717, 1.165) is 32.2 Å². The summed E-state index contributed by atoms with van der Waals surface area (Å²) < 4.78 is 0. The number of rotatable bonds is 3. The summed E-state index contributed by atoms with van der Waals surface area (Å²) in [5, 5.41) is 5.79. The third-order valence-electron chi connectivity index (χ3n) is 4.30. The van der Waals surface area contributed by atoms with Crippen molar-refractivity contribution >= 4 is 12.1 Å². The van der Waals surface area contributed by atoms with Gasteiger partial charge < -0.3 is 21.3 Å². The van der Waals surface area contributed by atoms with Gasteiger partial charge in [-0.25, -0.2) is 9.59 Å². The number of carbonyl (C=O) groups is 2. The van der Waals surface area contributed by atoms with Gasteiger partial charge in [0.1, 0.15) is 0 Å². The molecule has 1 aliphatic heterocycles. The molecule has 0 radical (unpaired) electrons. The second-order valence-electron chi connectivity index (χ2n) is 5.98. The highest BCUT2D eigenvalue weighted by molar-refractivity contribution is 5.74. The van der Waals surface area contributed by atoms with Crippen molar-refractivity contribution in [3.63, 3.8) is 0 Å². The lowest BCUT2D eigenvalue weighted by atomic mass is 9.95. The minimum absolute atomic E-state index is 0.0562. The topological polar surface area (TPSA) is 87.5 Å². The lowest BCUT2D eigenvalue weighted by Crippen LogP contribution is -2.50. The Bertz CT molecular complexity index is 342. The fourth-order valence-corrected chi connectivity index (χ4v) is 3.17. The van der Waals surface area contributed by atoms with Crippen molar-refractivity contribution < 1.29 is 9.59 Å². The Morgan fingerprint density at radius 1 is 1.10 bits per heavy atom. The third-order valence-corrected chi connectivity index (χ3v) is 4.30. The van der Waals surface area contributed by atoms with Gasteiger partial charge >= 0.3 is 12.1 Å². The van der Waals surface area contributed by atoms with Gasteiger partial charge in [0.15, 0.2) is 0 Å². The van der Waals surface area contributed by atoms with Crippen molar-refractivity contribution in [2.45, 2.75) is 51.0 Å². The Labute approximate surface area is 120 Å². The zero-order valence-electron chi connectivity index (χ0n) is 12.1. The number of primary amides is 1. The highest BCUT2D eigenvalue weighted by atomic mass is 16.2. The maximum atomic E-state index is 12.3. The van der Waals surface area contributed by atoms with Crippen LogP contribution in [0.3, 0.4) is 0 Å². The molecule has 6 heteroatoms. The van der Waals surface area contributed by atoms with Crippen LogP contribution in [0.5, 0.6) is 0 Å². The van der Waals surface area contributed by atoms with Gasteiger partial charge in [0.25, 0.3) is 0 Å². The van der Waals surface area contributed by atoms with Crippen molar-refractivity contribution in [3.8, 4) is 0 Å². The molecule has 0 aromatic heterocycles. The van der Waals surface area contributed by atoms with E-state index in [4.69, 9.17) is 5.73 Å². The summed E-state index contributed by atoms with van der Waals surface area (Å²) in [6.07, 6.45) is 7.96. The SMILES string of the molecule is NC(=O)NCC1CCCN(C(=O)NC2CCCCC2)C1. The lowest BCUT2D eigenvalue weighted by molar-refractivity contribution is 0.159. The molecule has 4 N–H and O–H groups in total. The standard InChI is InChI=1S/C14H26N4O2/c15-13(19)16-9-11-5-4-8-18(10-11)14(20)17-12-6-2-1-3-7-12/h11-12H,1-10H2,(H,17,20)(H3,15,16,19). The van der Waals surface area contributed by atoms with E-state index in [1.54, 1.807) is 0 Å². The number of hydrogen-bond donors (Lipinski definition) is 3. The van der Waals surface area contributed by atoms with E-state index in [1.807, 2.05) is 4.90 Å². The summed E-state index contributed by atoms with van der Waals surface area (Å²) in [6.45, 7) is 2.08. The molecular weight excluding hydrogens is 256 g/mol. The fraction of sp³-hybridized carbons (Fsp3) is 0.857. The lowest BCUT2D eigenvalue weighted by Gasteiger charge is -2.34. The molecule has 1 heterocycles. The van der Waals surface area contributed by atoms with Crippen molar-refractivity contribution in [3.05, 3.63) is 0 Å². The molecule has 1 unspecified atom stereocenters. The molecule has 2 aliphatic rings. The smallest absolute Gasteiger partial charge is 0.317 e. The minimum Gasteiger partial charge on any atom is -0.352 e. The van der Waals surface area contributed by atoms with Crippen LogP contribution in [0, 0.1) is 5.92 Å². The zero-order chi connectivity index (χ0) is 14.4. The number of carbonyl (C=O) groups excluding carboxylic acids is 2. The van der Waals surface area contributed by atoms with Crippen LogP contribution < -0.4 is 16.4 Å². The molecule has 4 amide bonds. The number of likely N-dealkylation sites (tertiary alicyclic amines) is 1. The molecule has 1 saturated heterocycles. The first-order chi connectivity index (χ1) is 9.65. The highest BCUT2D eigenvalue weighted by Gasteiger charge is 2.25. The van der Waals surface area contributed by atoms with Crippen LogP contribution >= 0.6 is 0 Å². The largest absolute Gasteiger partial charge is 0.352 e. The summed E-state index contributed by atoms with van der Waals surface area (Å²) in [5.41, 5.74) is 5.08. The van der Waals surface area contributed by atoms with Crippen LogP contribution in [-0.2, 0) is 0 Å². The van der Waals surface area contributed by atoms with Gasteiger partial charge in [-0.1, -0.05) is 19.3 Å². The first-order valence-corrected chi connectivity index (χ1v) is 7.74. The number of piperidine rings is 1. The molecule has 0 aromatic carbocycles. The Morgan fingerprint density at radius 3 is 2.55 bits per heavy atom. The van der Waals surface area contributed by atoms with Gasteiger partial charge in [0, 0.05) is 25.7 Å². The van der Waals surface area contributed by atoms with E-state index >= 15 is 0 Å². The second kappa shape index (κ2) is 7.36. The maximum Gasteiger partial charge on any atom is 0.317 e. The number of amides is 4. The molecule has 20 heavy (non-hydrogen) atoms. The van der Waals surface area contributed by atoms with Crippen LogP contribution in [0.15, 0.2) is 0 Å². The van der Waals surface area contributed by atoms with E-state index in [0.29, 0.717) is 25.0 Å². The van der Waals surface area contributed by atoms with Crippen LogP contribution in [0.2, 0.25) is 0 Å². The Balaban J connectivity index is 1.75.